The molecule has 9 heteroatoms. The molecule has 1 atom stereocenters. The monoisotopic (exact) mass is 514 g/mol. The van der Waals surface area contributed by atoms with Gasteiger partial charge in [-0.15, -0.1) is 11.3 Å². The largest absolute Gasteiger partial charge is 0.497 e. The van der Waals surface area contributed by atoms with E-state index in [2.05, 4.69) is 11.4 Å². The Morgan fingerprint density at radius 2 is 1.83 bits per heavy atom. The molecule has 0 radical (unpaired) electrons. The molecule has 7 nitrogen and oxygen atoms in total. The molecular weight excluding hydrogens is 484 g/mol. The van der Waals surface area contributed by atoms with E-state index in [1.54, 1.807) is 23.5 Å². The van der Waals surface area contributed by atoms with Crippen molar-refractivity contribution in [2.75, 3.05) is 40.5 Å². The highest BCUT2D eigenvalue weighted by Crippen LogP contribution is 2.39. The minimum Gasteiger partial charge on any atom is -0.497 e. The van der Waals surface area contributed by atoms with E-state index in [0.29, 0.717) is 12.3 Å². The summed E-state index contributed by atoms with van der Waals surface area (Å²) in [5, 5.41) is 2.06. The van der Waals surface area contributed by atoms with Crippen LogP contribution in [-0.2, 0) is 26.0 Å². The highest BCUT2D eigenvalue weighted by Gasteiger charge is 2.36. The fourth-order valence-corrected chi connectivity index (χ4v) is 6.71. The number of sulfonamides is 1. The molecule has 2 aromatic carbocycles. The van der Waals surface area contributed by atoms with Crippen LogP contribution in [-0.4, -0.2) is 64.0 Å². The molecule has 35 heavy (non-hydrogen) atoms. The first-order valence-electron chi connectivity index (χ1n) is 11.4. The van der Waals surface area contributed by atoms with E-state index in [1.807, 2.05) is 36.1 Å². The van der Waals surface area contributed by atoms with Gasteiger partial charge in [-0.05, 0) is 65.7 Å². The minimum absolute atomic E-state index is 0.0726. The van der Waals surface area contributed by atoms with Gasteiger partial charge in [-0.1, -0.05) is 24.3 Å². The van der Waals surface area contributed by atoms with E-state index in [1.165, 1.54) is 35.5 Å². The fraction of sp³-hybridized carbons (Fsp3) is 0.346. The van der Waals surface area contributed by atoms with Gasteiger partial charge in [0.15, 0.2) is 0 Å². The molecule has 0 saturated heterocycles. The van der Waals surface area contributed by atoms with E-state index < -0.39 is 10.0 Å². The van der Waals surface area contributed by atoms with E-state index in [-0.39, 0.29) is 36.5 Å². The maximum atomic E-state index is 13.7. The first-order valence-corrected chi connectivity index (χ1v) is 13.7. The van der Waals surface area contributed by atoms with Gasteiger partial charge in [-0.2, -0.15) is 4.31 Å². The van der Waals surface area contributed by atoms with Gasteiger partial charge >= 0.3 is 0 Å². The van der Waals surface area contributed by atoms with Gasteiger partial charge in [-0.3, -0.25) is 4.79 Å². The molecule has 3 aromatic rings. The number of aryl methyl sites for hydroxylation is 1. The van der Waals surface area contributed by atoms with Gasteiger partial charge in [0.05, 0.1) is 31.2 Å². The van der Waals surface area contributed by atoms with Crippen LogP contribution in [0.15, 0.2) is 64.9 Å². The summed E-state index contributed by atoms with van der Waals surface area (Å²) in [6.45, 7) is 2.56. The number of fused-ring (bicyclic) bond motifs is 1. The zero-order valence-corrected chi connectivity index (χ0v) is 21.8. The predicted molar refractivity (Wildman–Crippen MR) is 136 cm³/mol. The first kappa shape index (κ1) is 25.4. The summed E-state index contributed by atoms with van der Waals surface area (Å²) in [6, 6.07) is 16.1. The van der Waals surface area contributed by atoms with Crippen LogP contribution in [0.1, 0.15) is 27.6 Å². The van der Waals surface area contributed by atoms with Crippen LogP contribution in [0.3, 0.4) is 0 Å². The number of methoxy groups -OCH3 is 2. The van der Waals surface area contributed by atoms with E-state index in [4.69, 9.17) is 9.47 Å². The zero-order chi connectivity index (χ0) is 25.0. The lowest BCUT2D eigenvalue weighted by molar-refractivity contribution is -0.133. The quantitative estimate of drug-likeness (QED) is 0.433. The Hall–Kier alpha value is -2.72. The van der Waals surface area contributed by atoms with Gasteiger partial charge in [-0.25, -0.2) is 8.42 Å². The van der Waals surface area contributed by atoms with Gasteiger partial charge < -0.3 is 14.4 Å². The summed E-state index contributed by atoms with van der Waals surface area (Å²) in [7, 11) is -0.886. The summed E-state index contributed by atoms with van der Waals surface area (Å²) < 4.78 is 38.5. The Bertz CT molecular complexity index is 1270. The number of nitrogens with zero attached hydrogens (tertiary/aromatic N) is 2. The average molecular weight is 515 g/mol. The molecule has 1 aliphatic rings. The average Bonchev–Trinajstić information content (AvgIpc) is 3.35. The smallest absolute Gasteiger partial charge is 0.243 e. The van der Waals surface area contributed by atoms with Crippen LogP contribution in [0.25, 0.3) is 0 Å². The molecule has 0 N–H and O–H groups in total. The molecule has 186 valence electrons. The molecule has 0 saturated carbocycles. The molecule has 1 unspecified atom stereocenters. The molecule has 0 bridgehead atoms. The van der Waals surface area contributed by atoms with Crippen molar-refractivity contribution in [1.29, 1.82) is 0 Å². The van der Waals surface area contributed by atoms with E-state index in [9.17, 15) is 13.2 Å². The van der Waals surface area contributed by atoms with E-state index >= 15 is 0 Å². The number of hydrogen-bond donors (Lipinski definition) is 0. The molecule has 1 aliphatic heterocycles. The zero-order valence-electron chi connectivity index (χ0n) is 20.1. The summed E-state index contributed by atoms with van der Waals surface area (Å²) in [5.74, 6) is 0.327. The number of rotatable bonds is 9. The number of benzene rings is 2. The third-order valence-corrected chi connectivity index (χ3v) is 9.18. The van der Waals surface area contributed by atoms with Crippen LogP contribution in [0, 0.1) is 6.92 Å². The van der Waals surface area contributed by atoms with Crippen LogP contribution >= 0.6 is 11.3 Å². The molecule has 0 fully saturated rings. The molecule has 0 spiro atoms. The number of hydrogen-bond acceptors (Lipinski definition) is 6. The molecule has 1 aromatic heterocycles. The summed E-state index contributed by atoms with van der Waals surface area (Å²) in [5.41, 5.74) is 3.27. The van der Waals surface area contributed by atoms with Crippen molar-refractivity contribution in [1.82, 2.24) is 9.21 Å². The van der Waals surface area contributed by atoms with Crippen LogP contribution in [0.5, 0.6) is 5.75 Å². The lowest BCUT2D eigenvalue weighted by Gasteiger charge is -2.38. The van der Waals surface area contributed by atoms with Crippen LogP contribution < -0.4 is 4.74 Å². The second-order valence-corrected chi connectivity index (χ2v) is 11.3. The Morgan fingerprint density at radius 3 is 2.51 bits per heavy atom. The van der Waals surface area contributed by atoms with Gasteiger partial charge in [0.25, 0.3) is 0 Å². The Balaban J connectivity index is 1.65. The summed E-state index contributed by atoms with van der Waals surface area (Å²) in [4.78, 5) is 16.9. The van der Waals surface area contributed by atoms with Gasteiger partial charge in [0, 0.05) is 25.1 Å². The Labute approximate surface area is 210 Å². The first-order chi connectivity index (χ1) is 16.9. The molecule has 4 rings (SSSR count). The molecular formula is C26H30N2O5S2. The van der Waals surface area contributed by atoms with E-state index in [0.717, 1.165) is 23.1 Å². The van der Waals surface area contributed by atoms with Crippen molar-refractivity contribution >= 4 is 27.3 Å². The lowest BCUT2D eigenvalue weighted by Crippen LogP contribution is -2.47. The number of amides is 1. The second-order valence-electron chi connectivity index (χ2n) is 8.40. The normalized spacial score (nSPS) is 15.8. The summed E-state index contributed by atoms with van der Waals surface area (Å²) >= 11 is 1.70. The molecule has 0 aliphatic carbocycles. The highest BCUT2D eigenvalue weighted by molar-refractivity contribution is 7.89. The molecule has 1 amide bonds. The SMILES string of the molecule is COCCN(CC(=O)N1CCc2sccc2C1c1ccccc1C)S(=O)(=O)c1ccc(OC)cc1. The third kappa shape index (κ3) is 5.28. The van der Waals surface area contributed by atoms with Crippen molar-refractivity contribution < 1.29 is 22.7 Å². The molecule has 2 heterocycles. The topological polar surface area (TPSA) is 76.2 Å². The fourth-order valence-electron chi connectivity index (χ4n) is 4.43. The van der Waals surface area contributed by atoms with Gasteiger partial charge in [0.1, 0.15) is 5.75 Å². The third-order valence-electron chi connectivity index (χ3n) is 6.32. The van der Waals surface area contributed by atoms with Crippen LogP contribution in [0.2, 0.25) is 0 Å². The van der Waals surface area contributed by atoms with Crippen LogP contribution in [0.4, 0.5) is 0 Å². The highest BCUT2D eigenvalue weighted by atomic mass is 32.2. The number of ether oxygens (including phenoxy) is 2. The number of thiophene rings is 1. The maximum absolute atomic E-state index is 13.7. The lowest BCUT2D eigenvalue weighted by atomic mass is 9.90. The van der Waals surface area contributed by atoms with Gasteiger partial charge in [0.2, 0.25) is 15.9 Å². The Morgan fingerprint density at radius 1 is 1.09 bits per heavy atom. The number of carbonyl (C=O) groups excluding carboxylic acids is 1. The van der Waals surface area contributed by atoms with Crippen molar-refractivity contribution in [3.63, 3.8) is 0 Å². The maximum Gasteiger partial charge on any atom is 0.243 e. The predicted octanol–water partition coefficient (Wildman–Crippen LogP) is 3.88. The summed E-state index contributed by atoms with van der Waals surface area (Å²) in [6.07, 6.45) is 0.754. The van der Waals surface area contributed by atoms with Crippen molar-refractivity contribution in [2.45, 2.75) is 24.3 Å². The van der Waals surface area contributed by atoms with Crippen molar-refractivity contribution in [2.24, 2.45) is 0 Å². The Kier molecular flexibility index (Phi) is 7.91. The van der Waals surface area contributed by atoms with Crippen molar-refractivity contribution in [3.05, 3.63) is 81.5 Å². The standard InChI is InChI=1S/C26H30N2O5S2/c1-19-6-4-5-7-22(19)26-23-13-17-34-24(23)12-14-28(26)25(29)18-27(15-16-32-2)35(30,31)21-10-8-20(33-3)9-11-21/h4-11,13,17,26H,12,14-16,18H2,1-3H3. The van der Waals surface area contributed by atoms with Crippen molar-refractivity contribution in [3.8, 4) is 5.75 Å². The second kappa shape index (κ2) is 10.9. The minimum atomic E-state index is -3.92. The number of carbonyl (C=O) groups is 1.